The van der Waals surface area contributed by atoms with Crippen molar-refractivity contribution in [2.24, 2.45) is 0 Å². The predicted molar refractivity (Wildman–Crippen MR) is 83.2 cm³/mol. The highest BCUT2D eigenvalue weighted by atomic mass is 32.1. The van der Waals surface area contributed by atoms with Gasteiger partial charge in [0.25, 0.3) is 0 Å². The van der Waals surface area contributed by atoms with Crippen LogP contribution in [0, 0.1) is 4.77 Å². The van der Waals surface area contributed by atoms with Gasteiger partial charge < -0.3 is 15.0 Å². The first-order chi connectivity index (χ1) is 9.78. The summed E-state index contributed by atoms with van der Waals surface area (Å²) in [6.45, 7) is 0. The Bertz CT molecular complexity index is 813. The van der Waals surface area contributed by atoms with Gasteiger partial charge in [-0.15, -0.1) is 0 Å². The molecule has 0 amide bonds. The lowest BCUT2D eigenvalue weighted by Gasteiger charge is -2.12. The number of fused-ring (bicyclic) bond motifs is 1. The zero-order valence-corrected chi connectivity index (χ0v) is 11.7. The van der Waals surface area contributed by atoms with Crippen LogP contribution in [-0.2, 0) is 0 Å². The molecule has 0 aliphatic carbocycles. The zero-order valence-electron chi connectivity index (χ0n) is 10.9. The molecule has 2 N–H and O–H groups in total. The smallest absolute Gasteiger partial charge is 0.199 e. The lowest BCUT2D eigenvalue weighted by Crippen LogP contribution is -1.99. The Morgan fingerprint density at radius 2 is 1.85 bits per heavy atom. The summed E-state index contributed by atoms with van der Waals surface area (Å²) >= 11 is 5.17. The summed E-state index contributed by atoms with van der Waals surface area (Å²) in [7, 11) is 1.64. The van der Waals surface area contributed by atoms with Gasteiger partial charge in [-0.3, -0.25) is 0 Å². The van der Waals surface area contributed by atoms with Crippen molar-refractivity contribution in [2.45, 2.75) is 0 Å². The van der Waals surface area contributed by atoms with Gasteiger partial charge >= 0.3 is 0 Å². The molecule has 0 aliphatic rings. The normalized spacial score (nSPS) is 10.4. The highest BCUT2D eigenvalue weighted by Crippen LogP contribution is 2.29. The van der Waals surface area contributed by atoms with Crippen molar-refractivity contribution < 1.29 is 4.74 Å². The molecule has 3 rings (SSSR count). The number of aromatic amines is 1. The van der Waals surface area contributed by atoms with Crippen LogP contribution in [0.1, 0.15) is 0 Å². The molecule has 0 saturated heterocycles. The van der Waals surface area contributed by atoms with Crippen molar-refractivity contribution in [3.8, 4) is 5.75 Å². The first-order valence-corrected chi connectivity index (χ1v) is 6.58. The van der Waals surface area contributed by atoms with Crippen LogP contribution >= 0.6 is 12.2 Å². The van der Waals surface area contributed by atoms with E-state index in [1.807, 2.05) is 48.5 Å². The molecule has 0 unspecified atom stereocenters. The summed E-state index contributed by atoms with van der Waals surface area (Å²) in [4.78, 5) is 7.44. The highest BCUT2D eigenvalue weighted by Gasteiger charge is 2.06. The molecule has 3 aromatic rings. The van der Waals surface area contributed by atoms with Crippen molar-refractivity contribution in [3.05, 3.63) is 53.3 Å². The number of methoxy groups -OCH3 is 1. The molecule has 0 atom stereocenters. The fourth-order valence-corrected chi connectivity index (χ4v) is 2.28. The summed E-state index contributed by atoms with van der Waals surface area (Å²) in [5.41, 5.74) is 1.80. The van der Waals surface area contributed by atoms with Crippen molar-refractivity contribution in [3.63, 3.8) is 0 Å². The van der Waals surface area contributed by atoms with Crippen LogP contribution in [0.4, 0.5) is 11.5 Å². The number of H-pyrrole nitrogens is 1. The van der Waals surface area contributed by atoms with Gasteiger partial charge in [-0.25, -0.2) is 4.98 Å². The van der Waals surface area contributed by atoms with Crippen LogP contribution in [0.3, 0.4) is 0 Å². The molecule has 0 bridgehead atoms. The fourth-order valence-electron chi connectivity index (χ4n) is 2.07. The Balaban J connectivity index is 2.13. The Hall–Kier alpha value is -2.40. The zero-order chi connectivity index (χ0) is 13.9. The third-order valence-corrected chi connectivity index (χ3v) is 3.19. The van der Waals surface area contributed by atoms with Gasteiger partial charge in [0, 0.05) is 5.39 Å². The maximum atomic E-state index is 5.34. The van der Waals surface area contributed by atoms with Crippen LogP contribution in [0.5, 0.6) is 5.75 Å². The number of nitrogens with zero attached hydrogens (tertiary/aromatic N) is 1. The van der Waals surface area contributed by atoms with Crippen molar-refractivity contribution in [1.82, 2.24) is 9.97 Å². The third kappa shape index (κ3) is 2.35. The number of nitrogens with one attached hydrogen (secondary N) is 2. The van der Waals surface area contributed by atoms with E-state index >= 15 is 0 Å². The summed E-state index contributed by atoms with van der Waals surface area (Å²) in [5, 5.41) is 4.26. The molecule has 0 fully saturated rings. The molecule has 100 valence electrons. The first kappa shape index (κ1) is 12.6. The molecular formula is C15H13N3OS. The molecule has 4 nitrogen and oxygen atoms in total. The number of anilines is 2. The van der Waals surface area contributed by atoms with Gasteiger partial charge in [0.1, 0.15) is 11.6 Å². The second kappa shape index (κ2) is 5.30. The SMILES string of the molecule is COc1ccccc1Nc1nc(=S)[nH]c2ccccc12. The van der Waals surface area contributed by atoms with E-state index in [-0.39, 0.29) is 0 Å². The molecular weight excluding hydrogens is 270 g/mol. The van der Waals surface area contributed by atoms with Gasteiger partial charge in [0.15, 0.2) is 4.77 Å². The van der Waals surface area contributed by atoms with E-state index in [1.54, 1.807) is 7.11 Å². The molecule has 20 heavy (non-hydrogen) atoms. The first-order valence-electron chi connectivity index (χ1n) is 6.17. The highest BCUT2D eigenvalue weighted by molar-refractivity contribution is 7.71. The molecule has 1 aromatic heterocycles. The van der Waals surface area contributed by atoms with E-state index in [9.17, 15) is 0 Å². The van der Waals surface area contributed by atoms with Crippen molar-refractivity contribution >= 4 is 34.6 Å². The predicted octanol–water partition coefficient (Wildman–Crippen LogP) is 4.04. The van der Waals surface area contributed by atoms with Crippen molar-refractivity contribution in [1.29, 1.82) is 0 Å². The van der Waals surface area contributed by atoms with E-state index in [2.05, 4.69) is 15.3 Å². The molecule has 0 aliphatic heterocycles. The standard InChI is InChI=1S/C15H13N3OS/c1-19-13-9-5-4-8-12(13)16-14-10-6-2-3-7-11(10)17-15(20)18-14/h2-9H,1H3,(H2,16,17,18,20). The topological polar surface area (TPSA) is 49.9 Å². The Morgan fingerprint density at radius 3 is 2.70 bits per heavy atom. The van der Waals surface area contributed by atoms with E-state index in [4.69, 9.17) is 17.0 Å². The van der Waals surface area contributed by atoms with Crippen LogP contribution in [0.2, 0.25) is 0 Å². The minimum absolute atomic E-state index is 0.445. The van der Waals surface area contributed by atoms with Gasteiger partial charge in [0.2, 0.25) is 0 Å². The number of hydrogen-bond acceptors (Lipinski definition) is 4. The van der Waals surface area contributed by atoms with Gasteiger partial charge in [-0.05, 0) is 36.5 Å². The fraction of sp³-hybridized carbons (Fsp3) is 0.0667. The molecule has 0 saturated carbocycles. The van der Waals surface area contributed by atoms with Crippen LogP contribution in [0.25, 0.3) is 10.9 Å². The lowest BCUT2D eigenvalue weighted by molar-refractivity contribution is 0.417. The lowest BCUT2D eigenvalue weighted by atomic mass is 10.2. The third-order valence-electron chi connectivity index (χ3n) is 3.00. The Labute approximate surface area is 121 Å². The van der Waals surface area contributed by atoms with E-state index < -0.39 is 0 Å². The monoisotopic (exact) mass is 283 g/mol. The number of para-hydroxylation sites is 3. The Kier molecular flexibility index (Phi) is 3.35. The van der Waals surface area contributed by atoms with E-state index in [0.717, 1.165) is 22.3 Å². The van der Waals surface area contributed by atoms with Crippen LogP contribution in [-0.4, -0.2) is 17.1 Å². The number of hydrogen-bond donors (Lipinski definition) is 2. The largest absolute Gasteiger partial charge is 0.495 e. The average Bonchev–Trinajstić information content (AvgIpc) is 2.47. The van der Waals surface area contributed by atoms with Crippen LogP contribution < -0.4 is 10.1 Å². The maximum absolute atomic E-state index is 5.34. The maximum Gasteiger partial charge on any atom is 0.199 e. The molecule has 1 heterocycles. The van der Waals surface area contributed by atoms with Crippen LogP contribution in [0.15, 0.2) is 48.5 Å². The average molecular weight is 283 g/mol. The number of rotatable bonds is 3. The summed E-state index contributed by atoms with van der Waals surface area (Å²) in [5.74, 6) is 1.48. The summed E-state index contributed by atoms with van der Waals surface area (Å²) < 4.78 is 5.78. The number of aromatic nitrogens is 2. The van der Waals surface area contributed by atoms with E-state index in [1.165, 1.54) is 0 Å². The minimum Gasteiger partial charge on any atom is -0.495 e. The molecule has 5 heteroatoms. The van der Waals surface area contributed by atoms with Gasteiger partial charge in [-0.2, -0.15) is 0 Å². The van der Waals surface area contributed by atoms with Gasteiger partial charge in [0.05, 0.1) is 18.3 Å². The molecule has 0 radical (unpaired) electrons. The second-order valence-electron chi connectivity index (χ2n) is 4.26. The van der Waals surface area contributed by atoms with E-state index in [0.29, 0.717) is 10.6 Å². The second-order valence-corrected chi connectivity index (χ2v) is 4.65. The summed E-state index contributed by atoms with van der Waals surface area (Å²) in [6, 6.07) is 15.6. The number of benzene rings is 2. The van der Waals surface area contributed by atoms with Gasteiger partial charge in [-0.1, -0.05) is 24.3 Å². The molecule has 2 aromatic carbocycles. The Morgan fingerprint density at radius 1 is 1.10 bits per heavy atom. The number of ether oxygens (including phenoxy) is 1. The summed E-state index contributed by atoms with van der Waals surface area (Å²) in [6.07, 6.45) is 0. The van der Waals surface area contributed by atoms with Crippen molar-refractivity contribution in [2.75, 3.05) is 12.4 Å². The molecule has 0 spiro atoms. The quantitative estimate of drug-likeness (QED) is 0.712. The minimum atomic E-state index is 0.445.